The van der Waals surface area contributed by atoms with Crippen LogP contribution >= 0.6 is 11.8 Å². The molecule has 1 heterocycles. The third-order valence-electron chi connectivity index (χ3n) is 3.51. The monoisotopic (exact) mass is 265 g/mol. The molecular weight excluding hydrogens is 242 g/mol. The molecule has 2 N–H and O–H groups in total. The van der Waals surface area contributed by atoms with Crippen molar-refractivity contribution >= 4 is 11.8 Å². The zero-order valence-corrected chi connectivity index (χ0v) is 12.2. The lowest BCUT2D eigenvalue weighted by molar-refractivity contribution is 0.127. The van der Waals surface area contributed by atoms with Crippen LogP contribution in [-0.2, 0) is 4.74 Å². The van der Waals surface area contributed by atoms with E-state index < -0.39 is 0 Å². The van der Waals surface area contributed by atoms with E-state index in [2.05, 4.69) is 45.0 Å². The van der Waals surface area contributed by atoms with Crippen molar-refractivity contribution in [1.82, 2.24) is 0 Å². The molecule has 1 fully saturated rings. The molecule has 18 heavy (non-hydrogen) atoms. The Labute approximate surface area is 114 Å². The maximum atomic E-state index is 6.17. The van der Waals surface area contributed by atoms with Crippen molar-refractivity contribution in [2.75, 3.05) is 6.61 Å². The Bertz CT molecular complexity index is 377. The van der Waals surface area contributed by atoms with Crippen molar-refractivity contribution in [3.05, 3.63) is 35.4 Å². The summed E-state index contributed by atoms with van der Waals surface area (Å²) >= 11 is 1.98. The SMILES string of the molecule is Cc1ccc(C(SC2CCOC2C)C(C)N)cc1. The fourth-order valence-electron chi connectivity index (χ4n) is 2.34. The van der Waals surface area contributed by atoms with Crippen LogP contribution in [-0.4, -0.2) is 24.0 Å². The first kappa shape index (κ1) is 13.9. The van der Waals surface area contributed by atoms with Crippen molar-refractivity contribution in [2.24, 2.45) is 5.73 Å². The van der Waals surface area contributed by atoms with Crippen LogP contribution in [0.4, 0.5) is 0 Å². The average molecular weight is 265 g/mol. The molecule has 3 heteroatoms. The van der Waals surface area contributed by atoms with E-state index in [1.54, 1.807) is 0 Å². The highest BCUT2D eigenvalue weighted by Gasteiger charge is 2.29. The standard InChI is InChI=1S/C15H23NOS/c1-10-4-6-13(7-5-10)15(11(2)16)18-14-8-9-17-12(14)3/h4-7,11-12,14-15H,8-9,16H2,1-3H3. The summed E-state index contributed by atoms with van der Waals surface area (Å²) in [6.45, 7) is 7.26. The predicted molar refractivity (Wildman–Crippen MR) is 79.0 cm³/mol. The van der Waals surface area contributed by atoms with Crippen LogP contribution in [0.3, 0.4) is 0 Å². The summed E-state index contributed by atoms with van der Waals surface area (Å²) < 4.78 is 5.64. The molecule has 2 rings (SSSR count). The maximum absolute atomic E-state index is 6.17. The third-order valence-corrected chi connectivity index (χ3v) is 5.47. The molecule has 1 saturated heterocycles. The Morgan fingerprint density at radius 1 is 1.33 bits per heavy atom. The lowest BCUT2D eigenvalue weighted by atomic mass is 10.1. The summed E-state index contributed by atoms with van der Waals surface area (Å²) in [7, 11) is 0. The van der Waals surface area contributed by atoms with Crippen LogP contribution in [0.5, 0.6) is 0 Å². The Morgan fingerprint density at radius 2 is 2.00 bits per heavy atom. The van der Waals surface area contributed by atoms with Gasteiger partial charge in [-0.15, -0.1) is 11.8 Å². The van der Waals surface area contributed by atoms with E-state index in [0.29, 0.717) is 16.6 Å². The van der Waals surface area contributed by atoms with Gasteiger partial charge in [-0.3, -0.25) is 0 Å². The summed E-state index contributed by atoms with van der Waals surface area (Å²) in [6, 6.07) is 8.90. The molecule has 0 radical (unpaired) electrons. The second kappa shape index (κ2) is 6.09. The fraction of sp³-hybridized carbons (Fsp3) is 0.600. The van der Waals surface area contributed by atoms with Gasteiger partial charge >= 0.3 is 0 Å². The normalized spacial score (nSPS) is 27.1. The van der Waals surface area contributed by atoms with Crippen LogP contribution < -0.4 is 5.73 Å². The van der Waals surface area contributed by atoms with Crippen molar-refractivity contribution in [1.29, 1.82) is 0 Å². The zero-order valence-electron chi connectivity index (χ0n) is 11.4. The molecule has 4 unspecified atom stereocenters. The summed E-state index contributed by atoms with van der Waals surface area (Å²) in [5.74, 6) is 0. The summed E-state index contributed by atoms with van der Waals surface area (Å²) in [4.78, 5) is 0. The predicted octanol–water partition coefficient (Wildman–Crippen LogP) is 3.29. The van der Waals surface area contributed by atoms with Gasteiger partial charge in [-0.05, 0) is 32.8 Å². The lowest BCUT2D eigenvalue weighted by Gasteiger charge is -2.25. The molecule has 2 nitrogen and oxygen atoms in total. The molecule has 0 saturated carbocycles. The molecule has 0 bridgehead atoms. The van der Waals surface area contributed by atoms with Crippen LogP contribution in [0.1, 0.15) is 36.6 Å². The first-order valence-corrected chi connectivity index (χ1v) is 7.61. The van der Waals surface area contributed by atoms with Gasteiger partial charge in [0.15, 0.2) is 0 Å². The quantitative estimate of drug-likeness (QED) is 0.907. The van der Waals surface area contributed by atoms with Gasteiger partial charge in [0.2, 0.25) is 0 Å². The molecule has 0 spiro atoms. The topological polar surface area (TPSA) is 35.2 Å². The Kier molecular flexibility index (Phi) is 4.71. The van der Waals surface area contributed by atoms with E-state index >= 15 is 0 Å². The number of hydrogen-bond acceptors (Lipinski definition) is 3. The number of hydrogen-bond donors (Lipinski definition) is 1. The molecule has 1 aromatic rings. The van der Waals surface area contributed by atoms with Crippen LogP contribution in [0.15, 0.2) is 24.3 Å². The van der Waals surface area contributed by atoms with Gasteiger partial charge in [0, 0.05) is 23.1 Å². The second-order valence-corrected chi connectivity index (χ2v) is 6.62. The molecule has 1 aromatic carbocycles. The average Bonchev–Trinajstić information content (AvgIpc) is 2.73. The maximum Gasteiger partial charge on any atom is 0.0666 e. The van der Waals surface area contributed by atoms with E-state index in [0.717, 1.165) is 13.0 Å². The van der Waals surface area contributed by atoms with Crippen LogP contribution in [0, 0.1) is 6.92 Å². The first-order chi connectivity index (χ1) is 8.58. The highest BCUT2D eigenvalue weighted by molar-refractivity contribution is 8.00. The highest BCUT2D eigenvalue weighted by Crippen LogP contribution is 2.39. The first-order valence-electron chi connectivity index (χ1n) is 6.67. The van der Waals surface area contributed by atoms with Gasteiger partial charge in [-0.2, -0.15) is 0 Å². The molecule has 4 atom stereocenters. The summed E-state index contributed by atoms with van der Waals surface area (Å²) in [5.41, 5.74) is 8.80. The van der Waals surface area contributed by atoms with Gasteiger partial charge in [0.05, 0.1) is 6.10 Å². The number of aryl methyl sites for hydroxylation is 1. The minimum Gasteiger partial charge on any atom is -0.377 e. The van der Waals surface area contributed by atoms with E-state index in [4.69, 9.17) is 10.5 Å². The summed E-state index contributed by atoms with van der Waals surface area (Å²) in [5, 5.41) is 0.932. The second-order valence-electron chi connectivity index (χ2n) is 5.23. The number of nitrogens with two attached hydrogens (primary N) is 1. The number of benzene rings is 1. The molecule has 0 aromatic heterocycles. The number of rotatable bonds is 4. The van der Waals surface area contributed by atoms with Crippen molar-refractivity contribution < 1.29 is 4.74 Å². The minimum atomic E-state index is 0.158. The van der Waals surface area contributed by atoms with Gasteiger partial charge in [0.1, 0.15) is 0 Å². The smallest absolute Gasteiger partial charge is 0.0666 e. The van der Waals surface area contributed by atoms with Gasteiger partial charge in [0.25, 0.3) is 0 Å². The van der Waals surface area contributed by atoms with E-state index in [9.17, 15) is 0 Å². The Balaban J connectivity index is 2.10. The molecule has 0 aliphatic carbocycles. The largest absolute Gasteiger partial charge is 0.377 e. The molecule has 0 amide bonds. The van der Waals surface area contributed by atoms with Crippen LogP contribution in [0.25, 0.3) is 0 Å². The number of ether oxygens (including phenoxy) is 1. The third kappa shape index (κ3) is 3.28. The van der Waals surface area contributed by atoms with Crippen molar-refractivity contribution in [3.63, 3.8) is 0 Å². The number of thioether (sulfide) groups is 1. The van der Waals surface area contributed by atoms with Crippen molar-refractivity contribution in [2.45, 2.75) is 49.8 Å². The minimum absolute atomic E-state index is 0.158. The van der Waals surface area contributed by atoms with Gasteiger partial charge < -0.3 is 10.5 Å². The highest BCUT2D eigenvalue weighted by atomic mass is 32.2. The van der Waals surface area contributed by atoms with Crippen LogP contribution in [0.2, 0.25) is 0 Å². The zero-order chi connectivity index (χ0) is 13.1. The van der Waals surface area contributed by atoms with Crippen molar-refractivity contribution in [3.8, 4) is 0 Å². The van der Waals surface area contributed by atoms with E-state index in [1.165, 1.54) is 11.1 Å². The molecule has 1 aliphatic heterocycles. The van der Waals surface area contributed by atoms with Gasteiger partial charge in [-0.25, -0.2) is 0 Å². The lowest BCUT2D eigenvalue weighted by Crippen LogP contribution is -2.26. The summed E-state index contributed by atoms with van der Waals surface area (Å²) in [6.07, 6.45) is 1.49. The van der Waals surface area contributed by atoms with Gasteiger partial charge in [-0.1, -0.05) is 29.8 Å². The fourth-order valence-corrected chi connectivity index (χ4v) is 3.81. The Hall–Kier alpha value is -0.510. The molecule has 100 valence electrons. The Morgan fingerprint density at radius 3 is 2.50 bits per heavy atom. The van der Waals surface area contributed by atoms with E-state index in [-0.39, 0.29) is 6.04 Å². The van der Waals surface area contributed by atoms with E-state index in [1.807, 2.05) is 11.8 Å². The molecule has 1 aliphatic rings. The molecular formula is C15H23NOS.